The van der Waals surface area contributed by atoms with Crippen LogP contribution in [0.1, 0.15) is 18.2 Å². The summed E-state index contributed by atoms with van der Waals surface area (Å²) in [6.45, 7) is 2.19. The van der Waals surface area contributed by atoms with E-state index in [1.165, 1.54) is 21.2 Å². The number of rotatable bonds is 8. The van der Waals surface area contributed by atoms with Gasteiger partial charge in [0.1, 0.15) is 11.6 Å². The summed E-state index contributed by atoms with van der Waals surface area (Å²) in [6, 6.07) is 12.9. The Labute approximate surface area is 171 Å². The molecule has 9 heteroatoms. The quantitative estimate of drug-likeness (QED) is 0.583. The van der Waals surface area contributed by atoms with Crippen LogP contribution in [0.25, 0.3) is 0 Å². The first-order chi connectivity index (χ1) is 14.0. The van der Waals surface area contributed by atoms with Crippen LogP contribution in [0.5, 0.6) is 0 Å². The Morgan fingerprint density at radius 1 is 1.21 bits per heavy atom. The van der Waals surface area contributed by atoms with Gasteiger partial charge in [0.2, 0.25) is 5.91 Å². The molecule has 0 saturated heterocycles. The van der Waals surface area contributed by atoms with Crippen LogP contribution < -0.4 is 21.9 Å². The number of H-pyrrole nitrogens is 1. The van der Waals surface area contributed by atoms with Gasteiger partial charge in [0.25, 0.3) is 5.56 Å². The minimum atomic E-state index is -0.678. The Morgan fingerprint density at radius 3 is 2.62 bits per heavy atom. The summed E-state index contributed by atoms with van der Waals surface area (Å²) in [6.07, 6.45) is 1.58. The molecule has 0 atom stereocenters. The van der Waals surface area contributed by atoms with Crippen molar-refractivity contribution in [2.75, 3.05) is 22.9 Å². The summed E-state index contributed by atoms with van der Waals surface area (Å²) in [5.74, 6) is 1.14. The first-order valence-electron chi connectivity index (χ1n) is 9.08. The number of nitrogen functional groups attached to an aromatic ring is 1. The maximum Gasteiger partial charge on any atom is 0.330 e. The molecule has 0 spiro atoms. The Morgan fingerprint density at radius 2 is 1.97 bits per heavy atom. The number of carbonyl (C=O) groups is 1. The summed E-state index contributed by atoms with van der Waals surface area (Å²) in [5.41, 5.74) is 5.73. The van der Waals surface area contributed by atoms with Crippen LogP contribution in [-0.2, 0) is 17.1 Å². The predicted octanol–water partition coefficient (Wildman–Crippen LogP) is 2.05. The lowest BCUT2D eigenvalue weighted by Gasteiger charge is -2.23. The number of thioether (sulfide) groups is 1. The first-order valence-corrected chi connectivity index (χ1v) is 10.2. The van der Waals surface area contributed by atoms with Crippen molar-refractivity contribution < 1.29 is 9.21 Å². The summed E-state index contributed by atoms with van der Waals surface area (Å²) in [4.78, 5) is 41.1. The highest BCUT2D eigenvalue weighted by Crippen LogP contribution is 2.20. The molecule has 2 heterocycles. The Bertz CT molecular complexity index is 1070. The number of nitrogens with two attached hydrogens (primary N) is 1. The van der Waals surface area contributed by atoms with E-state index in [1.54, 1.807) is 19.3 Å². The van der Waals surface area contributed by atoms with E-state index in [9.17, 15) is 14.4 Å². The van der Waals surface area contributed by atoms with Gasteiger partial charge in [-0.2, -0.15) is 0 Å². The lowest BCUT2D eigenvalue weighted by molar-refractivity contribution is -0.116. The minimum absolute atomic E-state index is 0.00775. The van der Waals surface area contributed by atoms with E-state index in [1.807, 2.05) is 36.4 Å². The monoisotopic (exact) mass is 414 g/mol. The molecule has 3 N–H and O–H groups in total. The molecular weight excluding hydrogens is 392 g/mol. The standard InChI is InChI=1S/C20H22N4O4S/c1-2-23(16(25)13-29-12-15-9-6-10-28-15)17-18(21)24(20(27)22-19(17)26)11-14-7-4-3-5-8-14/h3-10H,2,11-13,21H2,1H3,(H,22,26,27). The highest BCUT2D eigenvalue weighted by molar-refractivity contribution is 7.99. The molecule has 8 nitrogen and oxygen atoms in total. The van der Waals surface area contributed by atoms with Crippen LogP contribution in [0.15, 0.2) is 62.7 Å². The molecule has 0 bridgehead atoms. The van der Waals surface area contributed by atoms with Gasteiger partial charge >= 0.3 is 5.69 Å². The highest BCUT2D eigenvalue weighted by Gasteiger charge is 2.23. The molecule has 0 unspecified atom stereocenters. The SMILES string of the molecule is CCN(C(=O)CSCc1ccco1)c1c(N)n(Cc2ccccc2)c(=O)[nH]c1=O. The number of aromatic amines is 1. The molecular formula is C20H22N4O4S. The number of nitrogens with zero attached hydrogens (tertiary/aromatic N) is 2. The van der Waals surface area contributed by atoms with Gasteiger partial charge in [0.15, 0.2) is 5.69 Å². The zero-order valence-corrected chi connectivity index (χ0v) is 16.8. The fourth-order valence-electron chi connectivity index (χ4n) is 2.93. The molecule has 0 radical (unpaired) electrons. The molecule has 1 aromatic carbocycles. The second kappa shape index (κ2) is 9.33. The number of hydrogen-bond donors (Lipinski definition) is 2. The van der Waals surface area contributed by atoms with Crippen molar-refractivity contribution in [3.63, 3.8) is 0 Å². The number of aromatic nitrogens is 2. The van der Waals surface area contributed by atoms with Gasteiger partial charge in [-0.05, 0) is 24.6 Å². The van der Waals surface area contributed by atoms with Gasteiger partial charge in [-0.25, -0.2) is 4.79 Å². The van der Waals surface area contributed by atoms with Crippen molar-refractivity contribution >= 4 is 29.2 Å². The molecule has 1 amide bonds. The van der Waals surface area contributed by atoms with Gasteiger partial charge in [-0.3, -0.25) is 19.1 Å². The third-order valence-corrected chi connectivity index (χ3v) is 5.27. The Kier molecular flexibility index (Phi) is 6.61. The van der Waals surface area contributed by atoms with Crippen LogP contribution in [0.2, 0.25) is 0 Å². The third-order valence-electron chi connectivity index (χ3n) is 4.33. The number of furan rings is 1. The van der Waals surface area contributed by atoms with Crippen LogP contribution in [0.3, 0.4) is 0 Å². The second-order valence-corrected chi connectivity index (χ2v) is 7.26. The van der Waals surface area contributed by atoms with Gasteiger partial charge < -0.3 is 15.1 Å². The summed E-state index contributed by atoms with van der Waals surface area (Å²) < 4.78 is 6.51. The minimum Gasteiger partial charge on any atom is -0.468 e. The second-order valence-electron chi connectivity index (χ2n) is 6.28. The van der Waals surface area contributed by atoms with Crippen molar-refractivity contribution in [3.8, 4) is 0 Å². The van der Waals surface area contributed by atoms with E-state index in [0.717, 1.165) is 11.3 Å². The van der Waals surface area contributed by atoms with Crippen LogP contribution >= 0.6 is 11.8 Å². The van der Waals surface area contributed by atoms with E-state index in [4.69, 9.17) is 10.2 Å². The molecule has 29 heavy (non-hydrogen) atoms. The summed E-state index contributed by atoms with van der Waals surface area (Å²) in [5, 5.41) is 0. The molecule has 0 aliphatic carbocycles. The van der Waals surface area contributed by atoms with Crippen molar-refractivity contribution in [1.29, 1.82) is 0 Å². The summed E-state index contributed by atoms with van der Waals surface area (Å²) in [7, 11) is 0. The molecule has 3 aromatic rings. The lowest BCUT2D eigenvalue weighted by atomic mass is 10.2. The van der Waals surface area contributed by atoms with Crippen molar-refractivity contribution in [1.82, 2.24) is 9.55 Å². The largest absolute Gasteiger partial charge is 0.468 e. The number of benzene rings is 1. The van der Waals surface area contributed by atoms with Gasteiger partial charge in [0.05, 0.1) is 24.3 Å². The van der Waals surface area contributed by atoms with E-state index >= 15 is 0 Å². The van der Waals surface area contributed by atoms with Crippen molar-refractivity contribution in [2.45, 2.75) is 19.2 Å². The van der Waals surface area contributed by atoms with Crippen molar-refractivity contribution in [2.24, 2.45) is 0 Å². The van der Waals surface area contributed by atoms with Crippen LogP contribution in [0.4, 0.5) is 11.5 Å². The smallest absolute Gasteiger partial charge is 0.330 e. The van der Waals surface area contributed by atoms with E-state index in [0.29, 0.717) is 5.75 Å². The number of amides is 1. The molecule has 152 valence electrons. The Hall–Kier alpha value is -3.20. The van der Waals surface area contributed by atoms with Crippen LogP contribution in [0, 0.1) is 0 Å². The zero-order chi connectivity index (χ0) is 20.8. The fraction of sp³-hybridized carbons (Fsp3) is 0.250. The van der Waals surface area contributed by atoms with Gasteiger partial charge in [-0.1, -0.05) is 30.3 Å². The van der Waals surface area contributed by atoms with Gasteiger partial charge in [0, 0.05) is 6.54 Å². The highest BCUT2D eigenvalue weighted by atomic mass is 32.2. The molecule has 0 saturated carbocycles. The number of nitrogens with one attached hydrogen (secondary N) is 1. The van der Waals surface area contributed by atoms with Crippen LogP contribution in [-0.4, -0.2) is 27.8 Å². The lowest BCUT2D eigenvalue weighted by Crippen LogP contribution is -2.41. The summed E-state index contributed by atoms with van der Waals surface area (Å²) >= 11 is 1.37. The molecule has 2 aromatic heterocycles. The average molecular weight is 414 g/mol. The van der Waals surface area contributed by atoms with E-state index in [-0.39, 0.29) is 36.3 Å². The average Bonchev–Trinajstić information content (AvgIpc) is 3.22. The fourth-order valence-corrected chi connectivity index (χ4v) is 3.73. The number of anilines is 2. The number of carbonyl (C=O) groups excluding carboxylic acids is 1. The zero-order valence-electron chi connectivity index (χ0n) is 16.0. The van der Waals surface area contributed by atoms with E-state index in [2.05, 4.69) is 4.98 Å². The molecule has 0 aliphatic heterocycles. The molecule has 0 fully saturated rings. The number of hydrogen-bond acceptors (Lipinski definition) is 6. The maximum atomic E-state index is 12.7. The normalized spacial score (nSPS) is 10.8. The van der Waals surface area contributed by atoms with Crippen molar-refractivity contribution in [3.05, 3.63) is 80.9 Å². The maximum absolute atomic E-state index is 12.7. The predicted molar refractivity (Wildman–Crippen MR) is 114 cm³/mol. The molecule has 0 aliphatic rings. The third kappa shape index (κ3) is 4.80. The topological polar surface area (TPSA) is 114 Å². The first kappa shape index (κ1) is 20.5. The Balaban J connectivity index is 1.84. The van der Waals surface area contributed by atoms with Gasteiger partial charge in [-0.15, -0.1) is 11.8 Å². The molecule has 3 rings (SSSR count). The van der Waals surface area contributed by atoms with E-state index < -0.39 is 11.2 Å².